The SMILES string of the molecule is c1ccc(N(c2ccccc2)c2cc3c4c(c2)N(c2ccccc2)c2ccccc2B4c2cc4c(nc2O3)B2c3ccccc3N(c3ccccc3)c3cc(N(c5ccccc5)c5ccccc5)cc(c32)O4)cc1. The second kappa shape index (κ2) is 17.0. The number of benzene rings is 10. The van der Waals surface area contributed by atoms with Gasteiger partial charge in [-0.25, -0.2) is 4.98 Å². The number of rotatable bonds is 8. The smallest absolute Gasteiger partial charge is 0.279 e. The molecule has 0 amide bonds. The summed E-state index contributed by atoms with van der Waals surface area (Å²) in [6, 6.07) is 92.4. The molecule has 15 rings (SSSR count). The molecule has 0 spiro atoms. The molecule has 0 atom stereocenters. The monoisotopic (exact) mass is 947 g/mol. The number of hydrogen-bond donors (Lipinski definition) is 0. The van der Waals surface area contributed by atoms with E-state index in [0.717, 1.165) is 113 Å². The third-order valence-electron chi connectivity index (χ3n) is 14.9. The highest BCUT2D eigenvalue weighted by atomic mass is 16.5. The Kier molecular flexibility index (Phi) is 9.63. The van der Waals surface area contributed by atoms with E-state index in [1.807, 2.05) is 0 Å². The van der Waals surface area contributed by atoms with Crippen molar-refractivity contribution in [1.82, 2.24) is 4.98 Å². The average molecular weight is 948 g/mol. The summed E-state index contributed by atoms with van der Waals surface area (Å²) >= 11 is 0. The predicted octanol–water partition coefficient (Wildman–Crippen LogP) is 12.8. The van der Waals surface area contributed by atoms with Crippen molar-refractivity contribution < 1.29 is 9.47 Å². The van der Waals surface area contributed by atoms with Crippen LogP contribution in [0.5, 0.6) is 23.1 Å². The van der Waals surface area contributed by atoms with Crippen LogP contribution in [0.15, 0.2) is 261 Å². The van der Waals surface area contributed by atoms with E-state index < -0.39 is 0 Å². The first kappa shape index (κ1) is 42.0. The Hall–Kier alpha value is -9.72. The fraction of sp³-hybridized carbons (Fsp3) is 0. The van der Waals surface area contributed by atoms with Gasteiger partial charge in [0.2, 0.25) is 5.88 Å². The molecule has 10 aromatic carbocycles. The van der Waals surface area contributed by atoms with Crippen molar-refractivity contribution in [3.63, 3.8) is 0 Å². The third-order valence-corrected chi connectivity index (χ3v) is 14.9. The molecule has 346 valence electrons. The van der Waals surface area contributed by atoms with E-state index in [0.29, 0.717) is 11.6 Å². The van der Waals surface area contributed by atoms with Crippen molar-refractivity contribution in [2.45, 2.75) is 0 Å². The second-order valence-electron chi connectivity index (χ2n) is 19.1. The van der Waals surface area contributed by atoms with Gasteiger partial charge in [0.25, 0.3) is 13.4 Å². The molecule has 0 radical (unpaired) electrons. The summed E-state index contributed by atoms with van der Waals surface area (Å²) in [6.07, 6.45) is 0. The highest BCUT2D eigenvalue weighted by Crippen LogP contribution is 2.48. The first-order chi connectivity index (χ1) is 36.7. The van der Waals surface area contributed by atoms with Gasteiger partial charge in [-0.15, -0.1) is 0 Å². The lowest BCUT2D eigenvalue weighted by molar-refractivity contribution is 0.459. The van der Waals surface area contributed by atoms with Gasteiger partial charge in [0.1, 0.15) is 17.2 Å². The number of fused-ring (bicyclic) bond motifs is 8. The lowest BCUT2D eigenvalue weighted by atomic mass is 9.33. The van der Waals surface area contributed by atoms with Gasteiger partial charge in [-0.05, 0) is 130 Å². The molecule has 5 heterocycles. The molecule has 9 heteroatoms. The molecule has 0 saturated heterocycles. The number of pyridine rings is 1. The standard InChI is InChI=1S/C65H43B2N5O2/c1-7-23-44(24-8-1)69(45-25-9-2-10-26-45)50-40-58-63-59(41-50)73-61-43-54-65(68-64(61)67(63)53-36-20-22-38-56(53)72(58)49-33-17-6-18-34-49)74-60-42-51(70(46-27-11-3-12-28-46)47-29-13-4-14-30-47)39-57-62(60)66(54)52-35-19-21-37-55(52)71(57)48-31-15-5-16-32-48/h1-43H. The Morgan fingerprint density at radius 1 is 0.311 bits per heavy atom. The number of aromatic nitrogens is 1. The first-order valence-corrected chi connectivity index (χ1v) is 25.2. The summed E-state index contributed by atoms with van der Waals surface area (Å²) in [7, 11) is 0. The maximum atomic E-state index is 7.42. The van der Waals surface area contributed by atoms with Gasteiger partial charge in [-0.2, -0.15) is 0 Å². The summed E-state index contributed by atoms with van der Waals surface area (Å²) in [4.78, 5) is 15.1. The first-order valence-electron chi connectivity index (χ1n) is 25.2. The van der Waals surface area contributed by atoms with E-state index in [1.165, 1.54) is 0 Å². The van der Waals surface area contributed by atoms with Crippen LogP contribution in [0, 0.1) is 0 Å². The summed E-state index contributed by atoms with van der Waals surface area (Å²) < 4.78 is 14.8. The molecule has 0 N–H and O–H groups in total. The Morgan fingerprint density at radius 2 is 0.689 bits per heavy atom. The van der Waals surface area contributed by atoms with Crippen LogP contribution in [0.25, 0.3) is 0 Å². The Morgan fingerprint density at radius 3 is 1.15 bits per heavy atom. The fourth-order valence-electron chi connectivity index (χ4n) is 11.8. The molecule has 0 fully saturated rings. The zero-order valence-corrected chi connectivity index (χ0v) is 40.0. The zero-order valence-electron chi connectivity index (χ0n) is 40.0. The van der Waals surface area contributed by atoms with Crippen LogP contribution in [0.2, 0.25) is 0 Å². The van der Waals surface area contributed by atoms with Gasteiger partial charge in [-0.1, -0.05) is 146 Å². The Bertz CT molecular complexity index is 3610. The molecule has 74 heavy (non-hydrogen) atoms. The van der Waals surface area contributed by atoms with Crippen molar-refractivity contribution in [2.24, 2.45) is 0 Å². The minimum Gasteiger partial charge on any atom is -0.457 e. The minimum atomic E-state index is -0.271. The lowest BCUT2D eigenvalue weighted by Crippen LogP contribution is -2.63. The Balaban J connectivity index is 0.968. The number of hydrogen-bond acceptors (Lipinski definition) is 7. The van der Waals surface area contributed by atoms with Crippen LogP contribution in [0.3, 0.4) is 0 Å². The molecule has 1 aromatic heterocycles. The molecule has 4 aliphatic heterocycles. The van der Waals surface area contributed by atoms with Gasteiger partial charge in [0.05, 0.1) is 17.0 Å². The minimum absolute atomic E-state index is 0.223. The van der Waals surface area contributed by atoms with Crippen molar-refractivity contribution in [3.05, 3.63) is 261 Å². The molecule has 0 aliphatic carbocycles. The van der Waals surface area contributed by atoms with Crippen LogP contribution < -0.4 is 62.0 Å². The van der Waals surface area contributed by atoms with Crippen LogP contribution in [-0.4, -0.2) is 18.4 Å². The van der Waals surface area contributed by atoms with Gasteiger partial charge in [-0.3, -0.25) is 0 Å². The molecule has 7 nitrogen and oxygen atoms in total. The molecule has 0 unspecified atom stereocenters. The topological polar surface area (TPSA) is 44.3 Å². The highest BCUT2D eigenvalue weighted by molar-refractivity contribution is 7.00. The quantitative estimate of drug-likeness (QED) is 0.141. The van der Waals surface area contributed by atoms with E-state index in [9.17, 15) is 0 Å². The van der Waals surface area contributed by atoms with Crippen LogP contribution in [0.1, 0.15) is 0 Å². The number of ether oxygens (including phenoxy) is 2. The van der Waals surface area contributed by atoms with Crippen molar-refractivity contribution >= 4 is 115 Å². The number of anilines is 12. The van der Waals surface area contributed by atoms with Gasteiger partial charge >= 0.3 is 0 Å². The van der Waals surface area contributed by atoms with E-state index >= 15 is 0 Å². The molecule has 11 aromatic rings. The van der Waals surface area contributed by atoms with Crippen LogP contribution in [0.4, 0.5) is 68.2 Å². The molecule has 0 bridgehead atoms. The molecular weight excluding hydrogens is 904 g/mol. The summed E-state index contributed by atoms with van der Waals surface area (Å²) in [5.74, 6) is 2.84. The largest absolute Gasteiger partial charge is 0.457 e. The van der Waals surface area contributed by atoms with Crippen LogP contribution >= 0.6 is 0 Å². The van der Waals surface area contributed by atoms with Crippen molar-refractivity contribution in [3.8, 4) is 23.1 Å². The predicted molar refractivity (Wildman–Crippen MR) is 305 cm³/mol. The van der Waals surface area contributed by atoms with Crippen LogP contribution in [-0.2, 0) is 0 Å². The maximum Gasteiger partial charge on any atom is 0.279 e. The summed E-state index contributed by atoms with van der Waals surface area (Å²) in [5, 5.41) is 0. The van der Waals surface area contributed by atoms with Gasteiger partial charge in [0, 0.05) is 69.0 Å². The van der Waals surface area contributed by atoms with E-state index in [1.54, 1.807) is 0 Å². The van der Waals surface area contributed by atoms with Crippen molar-refractivity contribution in [1.29, 1.82) is 0 Å². The summed E-state index contributed by atoms with van der Waals surface area (Å²) in [5.41, 5.74) is 18.7. The summed E-state index contributed by atoms with van der Waals surface area (Å²) in [6.45, 7) is -0.494. The Labute approximate surface area is 430 Å². The molecular formula is C65H43B2N5O2. The molecule has 0 saturated carbocycles. The average Bonchev–Trinajstić information content (AvgIpc) is 3.47. The normalized spacial score (nSPS) is 13.0. The van der Waals surface area contributed by atoms with Crippen molar-refractivity contribution in [2.75, 3.05) is 19.6 Å². The van der Waals surface area contributed by atoms with E-state index in [4.69, 9.17) is 14.5 Å². The fourth-order valence-corrected chi connectivity index (χ4v) is 11.8. The maximum absolute atomic E-state index is 7.42. The van der Waals surface area contributed by atoms with Gasteiger partial charge < -0.3 is 29.1 Å². The highest BCUT2D eigenvalue weighted by Gasteiger charge is 2.48. The lowest BCUT2D eigenvalue weighted by Gasteiger charge is -2.42. The second-order valence-corrected chi connectivity index (χ2v) is 19.1. The number of para-hydroxylation sites is 8. The molecule has 4 aliphatic rings. The third kappa shape index (κ3) is 6.60. The van der Waals surface area contributed by atoms with E-state index in [2.05, 4.69) is 280 Å². The van der Waals surface area contributed by atoms with E-state index in [-0.39, 0.29) is 13.4 Å². The van der Waals surface area contributed by atoms with Gasteiger partial charge in [0.15, 0.2) is 0 Å². The number of nitrogens with zero attached hydrogens (tertiary/aromatic N) is 5. The zero-order chi connectivity index (χ0) is 48.7.